The molecule has 24 heavy (non-hydrogen) atoms. The molecule has 1 N–H and O–H groups in total. The smallest absolute Gasteiger partial charge is 0.274 e. The summed E-state index contributed by atoms with van der Waals surface area (Å²) in [5.74, 6) is 0.363. The van der Waals surface area contributed by atoms with E-state index in [9.17, 15) is 4.79 Å². The van der Waals surface area contributed by atoms with Crippen molar-refractivity contribution >= 4 is 17.3 Å². The molecule has 0 radical (unpaired) electrons. The molecule has 0 bridgehead atoms. The first-order chi connectivity index (χ1) is 11.6. The van der Waals surface area contributed by atoms with Crippen molar-refractivity contribution in [3.63, 3.8) is 0 Å². The number of fused-ring (bicyclic) bond motifs is 1. The van der Waals surface area contributed by atoms with E-state index in [4.69, 9.17) is 4.74 Å². The molecule has 6 heteroatoms. The van der Waals surface area contributed by atoms with Crippen LogP contribution in [0.2, 0.25) is 0 Å². The molecule has 0 saturated heterocycles. The fourth-order valence-electron chi connectivity index (χ4n) is 2.80. The Balaban J connectivity index is 1.82. The highest BCUT2D eigenvalue weighted by atomic mass is 16.5. The molecular formula is C18H22N4O2. The number of aromatic nitrogens is 1. The Morgan fingerprint density at radius 1 is 1.21 bits per heavy atom. The van der Waals surface area contributed by atoms with Gasteiger partial charge in [0.2, 0.25) is 0 Å². The van der Waals surface area contributed by atoms with Crippen molar-refractivity contribution in [2.45, 2.75) is 6.54 Å². The molecule has 2 heterocycles. The SMILES string of the molecule is COc1ccnc(C(=O)Nc2ccc3c(c2)N(C)CCN(C)C3)c1. The third kappa shape index (κ3) is 3.49. The quantitative estimate of drug-likeness (QED) is 0.937. The monoisotopic (exact) mass is 326 g/mol. The van der Waals surface area contributed by atoms with Crippen LogP contribution in [0.4, 0.5) is 11.4 Å². The Kier molecular flexibility index (Phi) is 4.66. The molecule has 1 aliphatic heterocycles. The summed E-state index contributed by atoms with van der Waals surface area (Å²) in [6.45, 7) is 2.88. The van der Waals surface area contributed by atoms with E-state index in [1.165, 1.54) is 5.56 Å². The molecule has 0 fully saturated rings. The van der Waals surface area contributed by atoms with Crippen LogP contribution < -0.4 is 15.0 Å². The Hall–Kier alpha value is -2.60. The number of carbonyl (C=O) groups is 1. The number of methoxy groups -OCH3 is 1. The highest BCUT2D eigenvalue weighted by Crippen LogP contribution is 2.27. The molecule has 1 aliphatic rings. The van der Waals surface area contributed by atoms with Crippen molar-refractivity contribution < 1.29 is 9.53 Å². The first kappa shape index (κ1) is 16.3. The van der Waals surface area contributed by atoms with Crippen molar-refractivity contribution in [2.24, 2.45) is 0 Å². The molecule has 3 rings (SSSR count). The second kappa shape index (κ2) is 6.88. The lowest BCUT2D eigenvalue weighted by atomic mass is 10.1. The molecule has 1 aromatic heterocycles. The lowest BCUT2D eigenvalue weighted by Gasteiger charge is -2.19. The summed E-state index contributed by atoms with van der Waals surface area (Å²) in [6.07, 6.45) is 1.56. The van der Waals surface area contributed by atoms with Crippen LogP contribution in [0.25, 0.3) is 0 Å². The number of amides is 1. The van der Waals surface area contributed by atoms with Gasteiger partial charge in [-0.1, -0.05) is 6.07 Å². The molecular weight excluding hydrogens is 304 g/mol. The van der Waals surface area contributed by atoms with Gasteiger partial charge in [0.1, 0.15) is 11.4 Å². The van der Waals surface area contributed by atoms with Crippen molar-refractivity contribution in [1.82, 2.24) is 9.88 Å². The second-order valence-electron chi connectivity index (χ2n) is 6.04. The average Bonchev–Trinajstić information content (AvgIpc) is 2.74. The van der Waals surface area contributed by atoms with Gasteiger partial charge in [0.15, 0.2) is 0 Å². The Labute approximate surface area is 142 Å². The molecule has 2 aromatic rings. The number of likely N-dealkylation sites (N-methyl/N-ethyl adjacent to an activating group) is 2. The maximum Gasteiger partial charge on any atom is 0.274 e. The third-order valence-corrected chi connectivity index (χ3v) is 4.21. The van der Waals surface area contributed by atoms with E-state index >= 15 is 0 Å². The number of carbonyl (C=O) groups excluding carboxylic acids is 1. The highest BCUT2D eigenvalue weighted by Gasteiger charge is 2.16. The van der Waals surface area contributed by atoms with Gasteiger partial charge in [-0.3, -0.25) is 9.78 Å². The number of rotatable bonds is 3. The number of hydrogen-bond acceptors (Lipinski definition) is 5. The largest absolute Gasteiger partial charge is 0.497 e. The van der Waals surface area contributed by atoms with E-state index in [-0.39, 0.29) is 5.91 Å². The average molecular weight is 326 g/mol. The summed E-state index contributed by atoms with van der Waals surface area (Å²) in [6, 6.07) is 9.36. The van der Waals surface area contributed by atoms with Crippen molar-refractivity contribution in [3.8, 4) is 5.75 Å². The third-order valence-electron chi connectivity index (χ3n) is 4.21. The van der Waals surface area contributed by atoms with Gasteiger partial charge in [-0.25, -0.2) is 0 Å². The maximum absolute atomic E-state index is 12.4. The van der Waals surface area contributed by atoms with Gasteiger partial charge in [0.25, 0.3) is 5.91 Å². The van der Waals surface area contributed by atoms with Crippen LogP contribution in [0.5, 0.6) is 5.75 Å². The molecule has 0 saturated carbocycles. The zero-order valence-corrected chi connectivity index (χ0v) is 14.2. The van der Waals surface area contributed by atoms with Crippen LogP contribution in [-0.4, -0.2) is 50.1 Å². The van der Waals surface area contributed by atoms with E-state index in [1.807, 2.05) is 12.1 Å². The van der Waals surface area contributed by atoms with Gasteiger partial charge in [-0.05, 0) is 30.8 Å². The summed E-state index contributed by atoms with van der Waals surface area (Å²) in [5, 5.41) is 2.91. The normalized spacial score (nSPS) is 14.7. The molecule has 126 valence electrons. The fourth-order valence-corrected chi connectivity index (χ4v) is 2.80. The lowest BCUT2D eigenvalue weighted by molar-refractivity contribution is 0.102. The zero-order chi connectivity index (χ0) is 17.1. The predicted octanol–water partition coefficient (Wildman–Crippen LogP) is 2.22. The topological polar surface area (TPSA) is 57.7 Å². The molecule has 0 spiro atoms. The molecule has 1 amide bonds. The summed E-state index contributed by atoms with van der Waals surface area (Å²) < 4.78 is 5.14. The van der Waals surface area contributed by atoms with Gasteiger partial charge < -0.3 is 19.9 Å². The van der Waals surface area contributed by atoms with Crippen LogP contribution in [0, 0.1) is 0 Å². The van der Waals surface area contributed by atoms with Gasteiger partial charge in [0.05, 0.1) is 7.11 Å². The Bertz CT molecular complexity index is 748. The van der Waals surface area contributed by atoms with Crippen LogP contribution in [0.3, 0.4) is 0 Å². The number of nitrogens with one attached hydrogen (secondary N) is 1. The zero-order valence-electron chi connectivity index (χ0n) is 14.2. The molecule has 0 aliphatic carbocycles. The molecule has 0 atom stereocenters. The summed E-state index contributed by atoms with van der Waals surface area (Å²) in [4.78, 5) is 21.0. The minimum Gasteiger partial charge on any atom is -0.497 e. The number of nitrogens with zero attached hydrogens (tertiary/aromatic N) is 3. The van der Waals surface area contributed by atoms with Crippen molar-refractivity contribution in [3.05, 3.63) is 47.8 Å². The van der Waals surface area contributed by atoms with E-state index in [0.717, 1.165) is 31.0 Å². The molecule has 6 nitrogen and oxygen atoms in total. The first-order valence-corrected chi connectivity index (χ1v) is 7.91. The van der Waals surface area contributed by atoms with Gasteiger partial charge in [-0.2, -0.15) is 0 Å². The Morgan fingerprint density at radius 2 is 2.04 bits per heavy atom. The number of pyridine rings is 1. The number of benzene rings is 1. The number of ether oxygens (including phenoxy) is 1. The number of anilines is 2. The lowest BCUT2D eigenvalue weighted by Crippen LogP contribution is -2.26. The summed E-state index contributed by atoms with van der Waals surface area (Å²) in [7, 11) is 5.76. The number of hydrogen-bond donors (Lipinski definition) is 1. The first-order valence-electron chi connectivity index (χ1n) is 7.91. The highest BCUT2D eigenvalue weighted by molar-refractivity contribution is 6.03. The summed E-state index contributed by atoms with van der Waals surface area (Å²) >= 11 is 0. The second-order valence-corrected chi connectivity index (χ2v) is 6.04. The van der Waals surface area contributed by atoms with Gasteiger partial charge in [0, 0.05) is 50.3 Å². The van der Waals surface area contributed by atoms with Crippen LogP contribution >= 0.6 is 0 Å². The van der Waals surface area contributed by atoms with Gasteiger partial charge >= 0.3 is 0 Å². The van der Waals surface area contributed by atoms with E-state index in [0.29, 0.717) is 11.4 Å². The molecule has 0 unspecified atom stereocenters. The minimum absolute atomic E-state index is 0.248. The van der Waals surface area contributed by atoms with Crippen molar-refractivity contribution in [1.29, 1.82) is 0 Å². The van der Waals surface area contributed by atoms with E-state index in [1.54, 1.807) is 25.4 Å². The standard InChI is InChI=1S/C18H22N4O2/c1-21-8-9-22(2)17-10-14(5-4-13(17)12-21)20-18(23)16-11-15(24-3)6-7-19-16/h4-7,10-11H,8-9,12H2,1-3H3,(H,20,23). The fraction of sp³-hybridized carbons (Fsp3) is 0.333. The van der Waals surface area contributed by atoms with E-state index < -0.39 is 0 Å². The summed E-state index contributed by atoms with van der Waals surface area (Å²) in [5.41, 5.74) is 3.50. The van der Waals surface area contributed by atoms with Crippen LogP contribution in [-0.2, 0) is 6.54 Å². The Morgan fingerprint density at radius 3 is 2.83 bits per heavy atom. The maximum atomic E-state index is 12.4. The predicted molar refractivity (Wildman–Crippen MR) is 94.8 cm³/mol. The van der Waals surface area contributed by atoms with Gasteiger partial charge in [-0.15, -0.1) is 0 Å². The van der Waals surface area contributed by atoms with Crippen LogP contribution in [0.15, 0.2) is 36.5 Å². The minimum atomic E-state index is -0.248. The van der Waals surface area contributed by atoms with E-state index in [2.05, 4.69) is 40.3 Å². The van der Waals surface area contributed by atoms with Crippen molar-refractivity contribution in [2.75, 3.05) is 44.5 Å². The van der Waals surface area contributed by atoms with Crippen LogP contribution in [0.1, 0.15) is 16.1 Å². The molecule has 1 aromatic carbocycles.